The Kier molecular flexibility index (Phi) is 5.69. The molecule has 0 amide bonds. The van der Waals surface area contributed by atoms with Gasteiger partial charge in [-0.3, -0.25) is 0 Å². The number of rotatable bonds is 6. The molecular formula is C12H18ClNO. The van der Waals surface area contributed by atoms with Crippen LogP contribution in [0.2, 0.25) is 5.02 Å². The third-order valence-corrected chi connectivity index (χ3v) is 2.70. The van der Waals surface area contributed by atoms with Crippen LogP contribution in [0.4, 0.5) is 0 Å². The van der Waals surface area contributed by atoms with Crippen LogP contribution in [-0.4, -0.2) is 26.8 Å². The molecule has 0 bridgehead atoms. The maximum Gasteiger partial charge on any atom is 0.0543 e. The molecule has 0 aromatic heterocycles. The van der Waals surface area contributed by atoms with Crippen molar-refractivity contribution in [2.75, 3.05) is 26.8 Å². The summed E-state index contributed by atoms with van der Waals surface area (Å²) in [7, 11) is 1.72. The van der Waals surface area contributed by atoms with Crippen LogP contribution in [0.1, 0.15) is 18.4 Å². The van der Waals surface area contributed by atoms with E-state index in [0.717, 1.165) is 23.7 Å². The average molecular weight is 228 g/mol. The van der Waals surface area contributed by atoms with Gasteiger partial charge in [0.2, 0.25) is 0 Å². The molecule has 2 nitrogen and oxygen atoms in total. The molecule has 0 aliphatic carbocycles. The van der Waals surface area contributed by atoms with Crippen molar-refractivity contribution in [2.45, 2.75) is 12.8 Å². The Bertz CT molecular complexity index is 291. The van der Waals surface area contributed by atoms with Gasteiger partial charge >= 0.3 is 0 Å². The van der Waals surface area contributed by atoms with Crippen molar-refractivity contribution in [3.8, 4) is 0 Å². The minimum atomic E-state index is 0.323. The molecule has 0 heterocycles. The fraction of sp³-hybridized carbons (Fsp3) is 0.500. The van der Waals surface area contributed by atoms with Gasteiger partial charge in [-0.15, -0.1) is 0 Å². The van der Waals surface area contributed by atoms with E-state index in [-0.39, 0.29) is 0 Å². The SMILES string of the molecule is CCNCC(COC)c1ccccc1Cl. The van der Waals surface area contributed by atoms with Gasteiger partial charge in [0.05, 0.1) is 6.61 Å². The molecule has 1 atom stereocenters. The fourth-order valence-corrected chi connectivity index (χ4v) is 1.87. The van der Waals surface area contributed by atoms with E-state index in [1.54, 1.807) is 7.11 Å². The average Bonchev–Trinajstić information content (AvgIpc) is 2.25. The second-order valence-electron chi connectivity index (χ2n) is 3.48. The first-order valence-electron chi connectivity index (χ1n) is 5.23. The topological polar surface area (TPSA) is 21.3 Å². The van der Waals surface area contributed by atoms with Crippen molar-refractivity contribution in [1.29, 1.82) is 0 Å². The number of nitrogens with one attached hydrogen (secondary N) is 1. The van der Waals surface area contributed by atoms with E-state index in [0.29, 0.717) is 12.5 Å². The van der Waals surface area contributed by atoms with Crippen molar-refractivity contribution in [1.82, 2.24) is 5.32 Å². The smallest absolute Gasteiger partial charge is 0.0543 e. The van der Waals surface area contributed by atoms with E-state index in [4.69, 9.17) is 16.3 Å². The molecule has 1 aromatic carbocycles. The summed E-state index contributed by atoms with van der Waals surface area (Å²) in [5.41, 5.74) is 1.15. The Balaban J connectivity index is 2.74. The summed E-state index contributed by atoms with van der Waals surface area (Å²) in [5.74, 6) is 0.323. The first kappa shape index (κ1) is 12.5. The van der Waals surface area contributed by atoms with Crippen LogP contribution in [0.3, 0.4) is 0 Å². The summed E-state index contributed by atoms with van der Waals surface area (Å²) in [6.45, 7) is 4.64. The van der Waals surface area contributed by atoms with Gasteiger partial charge in [0.25, 0.3) is 0 Å². The lowest BCUT2D eigenvalue weighted by atomic mass is 10.00. The number of methoxy groups -OCH3 is 1. The van der Waals surface area contributed by atoms with Gasteiger partial charge in [0.1, 0.15) is 0 Å². The Hall–Kier alpha value is -0.570. The lowest BCUT2D eigenvalue weighted by Crippen LogP contribution is -2.24. The van der Waals surface area contributed by atoms with E-state index in [1.165, 1.54) is 0 Å². The van der Waals surface area contributed by atoms with E-state index in [9.17, 15) is 0 Å². The van der Waals surface area contributed by atoms with Crippen LogP contribution >= 0.6 is 11.6 Å². The predicted octanol–water partition coefficient (Wildman–Crippen LogP) is 2.68. The van der Waals surface area contributed by atoms with Crippen LogP contribution in [0, 0.1) is 0 Å². The van der Waals surface area contributed by atoms with Crippen LogP contribution in [0.25, 0.3) is 0 Å². The van der Waals surface area contributed by atoms with Gasteiger partial charge in [0.15, 0.2) is 0 Å². The summed E-state index contributed by atoms with van der Waals surface area (Å²) in [6.07, 6.45) is 0. The molecule has 0 radical (unpaired) electrons. The zero-order valence-electron chi connectivity index (χ0n) is 9.29. The maximum atomic E-state index is 6.15. The van der Waals surface area contributed by atoms with Crippen molar-refractivity contribution in [3.63, 3.8) is 0 Å². The Morgan fingerprint density at radius 3 is 2.73 bits per heavy atom. The summed E-state index contributed by atoms with van der Waals surface area (Å²) < 4.78 is 5.21. The number of likely N-dealkylation sites (N-methyl/N-ethyl adjacent to an activating group) is 1. The summed E-state index contributed by atoms with van der Waals surface area (Å²) >= 11 is 6.15. The normalized spacial score (nSPS) is 12.7. The molecule has 84 valence electrons. The zero-order chi connectivity index (χ0) is 11.1. The van der Waals surface area contributed by atoms with Crippen molar-refractivity contribution < 1.29 is 4.74 Å². The van der Waals surface area contributed by atoms with Crippen LogP contribution in [0.5, 0.6) is 0 Å². The largest absolute Gasteiger partial charge is 0.384 e. The fourth-order valence-electron chi connectivity index (χ4n) is 1.58. The van der Waals surface area contributed by atoms with Gasteiger partial charge < -0.3 is 10.1 Å². The first-order chi connectivity index (χ1) is 7.29. The molecule has 3 heteroatoms. The van der Waals surface area contributed by atoms with Gasteiger partial charge in [-0.2, -0.15) is 0 Å². The van der Waals surface area contributed by atoms with Crippen molar-refractivity contribution in [3.05, 3.63) is 34.9 Å². The highest BCUT2D eigenvalue weighted by molar-refractivity contribution is 6.31. The molecular weight excluding hydrogens is 210 g/mol. The second-order valence-corrected chi connectivity index (χ2v) is 3.89. The van der Waals surface area contributed by atoms with Crippen molar-refractivity contribution in [2.24, 2.45) is 0 Å². The molecule has 0 saturated heterocycles. The second kappa shape index (κ2) is 6.83. The minimum Gasteiger partial charge on any atom is -0.384 e. The van der Waals surface area contributed by atoms with E-state index in [1.807, 2.05) is 18.2 Å². The first-order valence-corrected chi connectivity index (χ1v) is 5.61. The van der Waals surface area contributed by atoms with Crippen LogP contribution in [0.15, 0.2) is 24.3 Å². The standard InChI is InChI=1S/C12H18ClNO/c1-3-14-8-10(9-15-2)11-6-4-5-7-12(11)13/h4-7,10,14H,3,8-9H2,1-2H3. The molecule has 0 spiro atoms. The highest BCUT2D eigenvalue weighted by Gasteiger charge is 2.13. The summed E-state index contributed by atoms with van der Waals surface area (Å²) in [4.78, 5) is 0. The number of ether oxygens (including phenoxy) is 1. The van der Waals surface area contributed by atoms with E-state index in [2.05, 4.69) is 18.3 Å². The van der Waals surface area contributed by atoms with Crippen LogP contribution in [-0.2, 0) is 4.74 Å². The van der Waals surface area contributed by atoms with Gasteiger partial charge in [0, 0.05) is 24.6 Å². The molecule has 0 fully saturated rings. The van der Waals surface area contributed by atoms with E-state index < -0.39 is 0 Å². The quantitative estimate of drug-likeness (QED) is 0.807. The number of hydrogen-bond acceptors (Lipinski definition) is 2. The summed E-state index contributed by atoms with van der Waals surface area (Å²) in [5, 5.41) is 4.14. The van der Waals surface area contributed by atoms with Gasteiger partial charge in [-0.05, 0) is 18.2 Å². The zero-order valence-corrected chi connectivity index (χ0v) is 10.1. The third kappa shape index (κ3) is 3.82. The molecule has 1 unspecified atom stereocenters. The van der Waals surface area contributed by atoms with E-state index >= 15 is 0 Å². The molecule has 0 aliphatic heterocycles. The number of benzene rings is 1. The molecule has 1 rings (SSSR count). The monoisotopic (exact) mass is 227 g/mol. The van der Waals surface area contributed by atoms with Gasteiger partial charge in [-0.1, -0.05) is 36.7 Å². The number of hydrogen-bond donors (Lipinski definition) is 1. The summed E-state index contributed by atoms with van der Waals surface area (Å²) in [6, 6.07) is 7.94. The Labute approximate surface area is 96.6 Å². The third-order valence-electron chi connectivity index (χ3n) is 2.35. The van der Waals surface area contributed by atoms with Crippen molar-refractivity contribution >= 4 is 11.6 Å². The van der Waals surface area contributed by atoms with Crippen LogP contribution < -0.4 is 5.32 Å². The highest BCUT2D eigenvalue weighted by Crippen LogP contribution is 2.24. The highest BCUT2D eigenvalue weighted by atomic mass is 35.5. The predicted molar refractivity (Wildman–Crippen MR) is 64.6 cm³/mol. The molecule has 15 heavy (non-hydrogen) atoms. The molecule has 1 N–H and O–H groups in total. The molecule has 1 aromatic rings. The maximum absolute atomic E-state index is 6.15. The lowest BCUT2D eigenvalue weighted by Gasteiger charge is -2.17. The minimum absolute atomic E-state index is 0.323. The Morgan fingerprint density at radius 2 is 2.13 bits per heavy atom. The van der Waals surface area contributed by atoms with Gasteiger partial charge in [-0.25, -0.2) is 0 Å². The molecule has 0 aliphatic rings. The number of halogens is 1. The lowest BCUT2D eigenvalue weighted by molar-refractivity contribution is 0.178. The Morgan fingerprint density at radius 1 is 1.40 bits per heavy atom. The molecule has 0 saturated carbocycles.